The third-order valence-corrected chi connectivity index (χ3v) is 4.23. The highest BCUT2D eigenvalue weighted by molar-refractivity contribution is 5.95. The first-order chi connectivity index (χ1) is 10.5. The van der Waals surface area contributed by atoms with Crippen molar-refractivity contribution in [1.29, 1.82) is 0 Å². The Bertz CT molecular complexity index is 749. The van der Waals surface area contributed by atoms with Gasteiger partial charge in [-0.3, -0.25) is 10.1 Å². The molecule has 1 atom stereocenters. The molecule has 1 aliphatic rings. The highest BCUT2D eigenvalue weighted by Crippen LogP contribution is 2.35. The van der Waals surface area contributed by atoms with Crippen molar-refractivity contribution in [3.63, 3.8) is 0 Å². The van der Waals surface area contributed by atoms with Crippen LogP contribution in [0.15, 0.2) is 42.6 Å². The van der Waals surface area contributed by atoms with E-state index in [4.69, 9.17) is 0 Å². The fourth-order valence-electron chi connectivity index (χ4n) is 2.78. The van der Waals surface area contributed by atoms with Crippen molar-refractivity contribution in [2.45, 2.75) is 31.4 Å². The Morgan fingerprint density at radius 3 is 2.73 bits per heavy atom. The second-order valence-electron chi connectivity index (χ2n) is 5.64. The fraction of sp³-hybridized carbons (Fsp3) is 0.312. The first-order valence-electron chi connectivity index (χ1n) is 7.17. The monoisotopic (exact) mass is 299 g/mol. The molecule has 1 unspecified atom stereocenters. The van der Waals surface area contributed by atoms with Crippen LogP contribution in [0.4, 0.5) is 11.4 Å². The largest absolute Gasteiger partial charge is 0.387 e. The van der Waals surface area contributed by atoms with E-state index in [0.717, 1.165) is 0 Å². The van der Waals surface area contributed by atoms with Crippen molar-refractivity contribution in [2.75, 3.05) is 5.32 Å². The maximum absolute atomic E-state index is 11.3. The molecule has 3 rings (SSSR count). The molecule has 1 aromatic heterocycles. The number of rotatable bonds is 4. The number of fused-ring (bicyclic) bond motifs is 1. The summed E-state index contributed by atoms with van der Waals surface area (Å²) in [6.07, 6.45) is 6.19. The predicted molar refractivity (Wildman–Crippen MR) is 84.8 cm³/mol. The Balaban J connectivity index is 2.04. The molecule has 114 valence electrons. The first kappa shape index (κ1) is 14.5. The maximum Gasteiger partial charge on any atom is 0.311 e. The third kappa shape index (κ3) is 2.42. The number of benzene rings is 1. The molecule has 0 saturated carbocycles. The smallest absolute Gasteiger partial charge is 0.311 e. The van der Waals surface area contributed by atoms with Gasteiger partial charge in [-0.25, -0.2) is 4.98 Å². The van der Waals surface area contributed by atoms with E-state index in [0.29, 0.717) is 29.4 Å². The van der Waals surface area contributed by atoms with Crippen molar-refractivity contribution in [2.24, 2.45) is 0 Å². The van der Waals surface area contributed by atoms with Gasteiger partial charge in [0.2, 0.25) is 0 Å². The number of aliphatic hydroxyl groups is 1. The van der Waals surface area contributed by atoms with Gasteiger partial charge in [-0.15, -0.1) is 0 Å². The molecule has 0 amide bonds. The number of hydrogen-bond donors (Lipinski definition) is 2. The number of nitrogens with zero attached hydrogens (tertiary/aromatic N) is 2. The lowest BCUT2D eigenvalue weighted by Crippen LogP contribution is -2.43. The van der Waals surface area contributed by atoms with Crippen LogP contribution < -0.4 is 5.32 Å². The molecule has 22 heavy (non-hydrogen) atoms. The normalized spacial score (nSPS) is 17.5. The minimum absolute atomic E-state index is 0.0832. The SMILES string of the molecule is CC(Nc1c([N+](=O)[O-])cnc2ccccc12)C1(O)CC=CC1. The van der Waals surface area contributed by atoms with Gasteiger partial charge in [-0.05, 0) is 25.8 Å². The standard InChI is InChI=1S/C16H17N3O3/c1-11(16(20)8-4-5-9-16)18-15-12-6-2-3-7-13(12)17-10-14(15)19(21)22/h2-7,10-11,20H,8-9H2,1H3,(H,17,18). The van der Waals surface area contributed by atoms with Crippen LogP contribution in [0.1, 0.15) is 19.8 Å². The van der Waals surface area contributed by atoms with E-state index in [9.17, 15) is 15.2 Å². The Morgan fingerprint density at radius 1 is 1.36 bits per heavy atom. The lowest BCUT2D eigenvalue weighted by atomic mass is 9.92. The van der Waals surface area contributed by atoms with Crippen LogP contribution in [0, 0.1) is 10.1 Å². The van der Waals surface area contributed by atoms with Crippen molar-refractivity contribution in [1.82, 2.24) is 4.98 Å². The molecular weight excluding hydrogens is 282 g/mol. The summed E-state index contributed by atoms with van der Waals surface area (Å²) >= 11 is 0. The highest BCUT2D eigenvalue weighted by Gasteiger charge is 2.35. The fourth-order valence-corrected chi connectivity index (χ4v) is 2.78. The summed E-state index contributed by atoms with van der Waals surface area (Å²) in [5, 5.41) is 25.7. The number of pyridine rings is 1. The van der Waals surface area contributed by atoms with E-state index in [2.05, 4.69) is 10.3 Å². The van der Waals surface area contributed by atoms with Crippen LogP contribution in [-0.2, 0) is 0 Å². The van der Waals surface area contributed by atoms with Gasteiger partial charge in [0, 0.05) is 5.39 Å². The van der Waals surface area contributed by atoms with Crippen LogP contribution in [0.25, 0.3) is 10.9 Å². The molecule has 0 spiro atoms. The quantitative estimate of drug-likeness (QED) is 0.514. The van der Waals surface area contributed by atoms with Gasteiger partial charge in [0.25, 0.3) is 0 Å². The van der Waals surface area contributed by atoms with Gasteiger partial charge in [0.1, 0.15) is 11.9 Å². The van der Waals surface area contributed by atoms with Crippen molar-refractivity contribution >= 4 is 22.3 Å². The van der Waals surface area contributed by atoms with Crippen molar-refractivity contribution < 1.29 is 10.0 Å². The number of nitro groups is 1. The molecule has 1 aliphatic carbocycles. The predicted octanol–water partition coefficient (Wildman–Crippen LogP) is 3.02. The molecule has 0 aliphatic heterocycles. The third-order valence-electron chi connectivity index (χ3n) is 4.23. The summed E-state index contributed by atoms with van der Waals surface area (Å²) in [6, 6.07) is 6.92. The van der Waals surface area contributed by atoms with Crippen molar-refractivity contribution in [3.8, 4) is 0 Å². The number of anilines is 1. The van der Waals surface area contributed by atoms with Gasteiger partial charge >= 0.3 is 5.69 Å². The highest BCUT2D eigenvalue weighted by atomic mass is 16.6. The molecule has 0 fully saturated rings. The Kier molecular flexibility index (Phi) is 3.54. The van der Waals surface area contributed by atoms with Crippen LogP contribution >= 0.6 is 0 Å². The lowest BCUT2D eigenvalue weighted by molar-refractivity contribution is -0.384. The van der Waals surface area contributed by atoms with Crippen LogP contribution in [0.2, 0.25) is 0 Å². The minimum Gasteiger partial charge on any atom is -0.387 e. The summed E-state index contributed by atoms with van der Waals surface area (Å²) in [5.41, 5.74) is 0.0842. The summed E-state index contributed by atoms with van der Waals surface area (Å²) < 4.78 is 0. The Labute approximate surface area is 127 Å². The van der Waals surface area contributed by atoms with Gasteiger partial charge in [-0.2, -0.15) is 0 Å². The Hall–Kier alpha value is -2.47. The van der Waals surface area contributed by atoms with Crippen LogP contribution in [-0.4, -0.2) is 26.7 Å². The summed E-state index contributed by atoms with van der Waals surface area (Å²) in [5.74, 6) is 0. The molecule has 6 heteroatoms. The van der Waals surface area contributed by atoms with E-state index >= 15 is 0 Å². The van der Waals surface area contributed by atoms with Crippen LogP contribution in [0.3, 0.4) is 0 Å². The molecule has 2 aromatic rings. The molecule has 0 radical (unpaired) electrons. The van der Waals surface area contributed by atoms with E-state index < -0.39 is 10.5 Å². The second kappa shape index (κ2) is 5.38. The average Bonchev–Trinajstić information content (AvgIpc) is 2.95. The summed E-state index contributed by atoms with van der Waals surface area (Å²) in [7, 11) is 0. The van der Waals surface area contributed by atoms with E-state index in [1.807, 2.05) is 31.2 Å². The zero-order chi connectivity index (χ0) is 15.7. The molecule has 0 bridgehead atoms. The minimum atomic E-state index is -0.918. The number of nitrogens with one attached hydrogen (secondary N) is 1. The van der Waals surface area contributed by atoms with Gasteiger partial charge in [0.05, 0.1) is 22.1 Å². The molecule has 2 N–H and O–H groups in total. The molecule has 0 saturated heterocycles. The molecule has 1 heterocycles. The zero-order valence-electron chi connectivity index (χ0n) is 12.2. The number of para-hydroxylation sites is 1. The van der Waals surface area contributed by atoms with E-state index in [1.165, 1.54) is 6.20 Å². The zero-order valence-corrected chi connectivity index (χ0v) is 12.2. The topological polar surface area (TPSA) is 88.3 Å². The summed E-state index contributed by atoms with van der Waals surface area (Å²) in [4.78, 5) is 15.0. The maximum atomic E-state index is 11.3. The lowest BCUT2D eigenvalue weighted by Gasteiger charge is -2.31. The van der Waals surface area contributed by atoms with Crippen LogP contribution in [0.5, 0.6) is 0 Å². The summed E-state index contributed by atoms with van der Waals surface area (Å²) in [6.45, 7) is 1.84. The Morgan fingerprint density at radius 2 is 2.05 bits per heavy atom. The van der Waals surface area contributed by atoms with Crippen molar-refractivity contribution in [3.05, 3.63) is 52.7 Å². The molecular formula is C16H17N3O3. The van der Waals surface area contributed by atoms with Gasteiger partial charge in [-0.1, -0.05) is 30.4 Å². The van der Waals surface area contributed by atoms with E-state index in [1.54, 1.807) is 12.1 Å². The van der Waals surface area contributed by atoms with Gasteiger partial charge < -0.3 is 10.4 Å². The number of hydrogen-bond acceptors (Lipinski definition) is 5. The first-order valence-corrected chi connectivity index (χ1v) is 7.17. The second-order valence-corrected chi connectivity index (χ2v) is 5.64. The average molecular weight is 299 g/mol. The van der Waals surface area contributed by atoms with E-state index in [-0.39, 0.29) is 11.7 Å². The number of aromatic nitrogens is 1. The molecule has 6 nitrogen and oxygen atoms in total. The molecule has 1 aromatic carbocycles. The van der Waals surface area contributed by atoms with Gasteiger partial charge in [0.15, 0.2) is 0 Å².